The molecule has 0 saturated heterocycles. The lowest BCUT2D eigenvalue weighted by Crippen LogP contribution is -1.97. The van der Waals surface area contributed by atoms with Crippen molar-refractivity contribution in [3.8, 4) is 23.3 Å². The molecule has 0 atom stereocenters. The van der Waals surface area contributed by atoms with Crippen LogP contribution in [0.25, 0.3) is 11.6 Å². The summed E-state index contributed by atoms with van der Waals surface area (Å²) in [6.45, 7) is 0.185. The minimum absolute atomic E-state index is 0.185. The molecule has 31 heavy (non-hydrogen) atoms. The zero-order valence-corrected chi connectivity index (χ0v) is 18.3. The lowest BCUT2D eigenvalue weighted by molar-refractivity contribution is 0.306. The fourth-order valence-electron chi connectivity index (χ4n) is 2.89. The van der Waals surface area contributed by atoms with Crippen LogP contribution in [0, 0.1) is 17.1 Å². The Balaban J connectivity index is 1.86. The van der Waals surface area contributed by atoms with Crippen molar-refractivity contribution in [2.45, 2.75) is 6.61 Å². The Hall–Kier alpha value is -3.20. The second-order valence-corrected chi connectivity index (χ2v) is 7.28. The van der Waals surface area contributed by atoms with Gasteiger partial charge in [0.25, 0.3) is 0 Å². The Morgan fingerprint density at radius 1 is 0.968 bits per heavy atom. The Bertz CT molecular complexity index is 1130. The molecular weight excluding hydrogens is 440 g/mol. The first-order chi connectivity index (χ1) is 14.9. The molecule has 0 N–H and O–H groups in total. The van der Waals surface area contributed by atoms with E-state index in [9.17, 15) is 9.65 Å². The van der Waals surface area contributed by atoms with E-state index in [0.29, 0.717) is 44.0 Å². The Labute approximate surface area is 190 Å². The SMILES string of the molecule is COc1ccc(/C(C#N)=C/c2cc(Cl)c(OCc3ccc(F)cc3)c(Cl)c2)cc1OC. The van der Waals surface area contributed by atoms with Crippen molar-refractivity contribution in [1.82, 2.24) is 0 Å². The van der Waals surface area contributed by atoms with Gasteiger partial charge in [0, 0.05) is 0 Å². The smallest absolute Gasteiger partial charge is 0.161 e. The van der Waals surface area contributed by atoms with Gasteiger partial charge in [-0.15, -0.1) is 0 Å². The zero-order valence-electron chi connectivity index (χ0n) is 16.8. The van der Waals surface area contributed by atoms with Gasteiger partial charge in [-0.3, -0.25) is 0 Å². The van der Waals surface area contributed by atoms with E-state index in [0.717, 1.165) is 5.56 Å². The maximum absolute atomic E-state index is 13.0. The van der Waals surface area contributed by atoms with Crippen molar-refractivity contribution in [1.29, 1.82) is 5.26 Å². The molecule has 3 aromatic rings. The molecule has 0 radical (unpaired) electrons. The van der Waals surface area contributed by atoms with E-state index in [2.05, 4.69) is 6.07 Å². The third-order valence-electron chi connectivity index (χ3n) is 4.44. The van der Waals surface area contributed by atoms with Crippen molar-refractivity contribution in [2.24, 2.45) is 0 Å². The molecule has 7 heteroatoms. The number of nitrogens with zero attached hydrogens (tertiary/aromatic N) is 1. The number of allylic oxidation sites excluding steroid dienone is 1. The van der Waals surface area contributed by atoms with Gasteiger partial charge >= 0.3 is 0 Å². The van der Waals surface area contributed by atoms with E-state index in [1.54, 1.807) is 55.7 Å². The maximum atomic E-state index is 13.0. The molecule has 4 nitrogen and oxygen atoms in total. The highest BCUT2D eigenvalue weighted by Crippen LogP contribution is 2.36. The lowest BCUT2D eigenvalue weighted by Gasteiger charge is -2.12. The number of hydrogen-bond donors (Lipinski definition) is 0. The monoisotopic (exact) mass is 457 g/mol. The summed E-state index contributed by atoms with van der Waals surface area (Å²) in [5.74, 6) is 1.08. The maximum Gasteiger partial charge on any atom is 0.161 e. The van der Waals surface area contributed by atoms with Crippen LogP contribution in [0.2, 0.25) is 10.0 Å². The molecule has 0 unspecified atom stereocenters. The van der Waals surface area contributed by atoms with Crippen LogP contribution in [0.4, 0.5) is 4.39 Å². The van der Waals surface area contributed by atoms with Crippen LogP contribution in [0.3, 0.4) is 0 Å². The van der Waals surface area contributed by atoms with Crippen molar-refractivity contribution in [3.63, 3.8) is 0 Å². The lowest BCUT2D eigenvalue weighted by atomic mass is 10.0. The Kier molecular flexibility index (Phi) is 7.41. The number of benzene rings is 3. The molecule has 0 saturated carbocycles. The largest absolute Gasteiger partial charge is 0.493 e. The number of ether oxygens (including phenoxy) is 3. The molecule has 158 valence electrons. The Morgan fingerprint density at radius 3 is 2.19 bits per heavy atom. The average molecular weight is 458 g/mol. The van der Waals surface area contributed by atoms with E-state index in [1.807, 2.05) is 0 Å². The summed E-state index contributed by atoms with van der Waals surface area (Å²) >= 11 is 12.7. The molecule has 0 aliphatic rings. The predicted octanol–water partition coefficient (Wildman–Crippen LogP) is 6.79. The predicted molar refractivity (Wildman–Crippen MR) is 120 cm³/mol. The molecule has 3 rings (SSSR count). The fourth-order valence-corrected chi connectivity index (χ4v) is 3.50. The van der Waals surface area contributed by atoms with Crippen LogP contribution in [0.15, 0.2) is 54.6 Å². The van der Waals surface area contributed by atoms with Gasteiger partial charge < -0.3 is 14.2 Å². The molecule has 0 spiro atoms. The molecule has 0 bridgehead atoms. The first-order valence-electron chi connectivity index (χ1n) is 9.15. The van der Waals surface area contributed by atoms with E-state index < -0.39 is 0 Å². The minimum atomic E-state index is -0.321. The third kappa shape index (κ3) is 5.49. The van der Waals surface area contributed by atoms with Crippen molar-refractivity contribution < 1.29 is 18.6 Å². The van der Waals surface area contributed by atoms with E-state index in [-0.39, 0.29) is 12.4 Å². The molecular formula is C24H18Cl2FNO3. The first kappa shape index (κ1) is 22.5. The van der Waals surface area contributed by atoms with Crippen LogP contribution in [-0.2, 0) is 6.61 Å². The fraction of sp³-hybridized carbons (Fsp3) is 0.125. The molecule has 3 aromatic carbocycles. The van der Waals surface area contributed by atoms with Crippen LogP contribution in [0.5, 0.6) is 17.2 Å². The molecule has 0 aliphatic carbocycles. The van der Waals surface area contributed by atoms with Gasteiger partial charge in [0.1, 0.15) is 12.4 Å². The van der Waals surface area contributed by atoms with E-state index in [4.69, 9.17) is 37.4 Å². The summed E-state index contributed by atoms with van der Waals surface area (Å²) in [6.07, 6.45) is 1.67. The molecule has 0 fully saturated rings. The van der Waals surface area contributed by atoms with Crippen LogP contribution in [-0.4, -0.2) is 14.2 Å². The highest BCUT2D eigenvalue weighted by atomic mass is 35.5. The van der Waals surface area contributed by atoms with Crippen LogP contribution >= 0.6 is 23.2 Å². The molecule has 0 heterocycles. The highest BCUT2D eigenvalue weighted by Gasteiger charge is 2.12. The van der Waals surface area contributed by atoms with E-state index in [1.165, 1.54) is 19.2 Å². The summed E-state index contributed by atoms with van der Waals surface area (Å²) in [5, 5.41) is 10.2. The highest BCUT2D eigenvalue weighted by molar-refractivity contribution is 6.37. The van der Waals surface area contributed by atoms with Gasteiger partial charge in [-0.1, -0.05) is 35.3 Å². The third-order valence-corrected chi connectivity index (χ3v) is 5.00. The van der Waals surface area contributed by atoms with Gasteiger partial charge in [-0.2, -0.15) is 5.26 Å². The quantitative estimate of drug-likeness (QED) is 0.289. The Morgan fingerprint density at radius 2 is 1.61 bits per heavy atom. The number of rotatable bonds is 7. The summed E-state index contributed by atoms with van der Waals surface area (Å²) in [5.41, 5.74) is 2.46. The number of halogens is 3. The first-order valence-corrected chi connectivity index (χ1v) is 9.91. The number of nitriles is 1. The van der Waals surface area contributed by atoms with Crippen LogP contribution < -0.4 is 14.2 Å². The van der Waals surface area contributed by atoms with Crippen LogP contribution in [0.1, 0.15) is 16.7 Å². The van der Waals surface area contributed by atoms with Gasteiger partial charge in [-0.05, 0) is 65.2 Å². The number of methoxy groups -OCH3 is 2. The van der Waals surface area contributed by atoms with Gasteiger partial charge in [0.15, 0.2) is 17.2 Å². The van der Waals surface area contributed by atoms with Gasteiger partial charge in [0.05, 0.1) is 35.9 Å². The molecule has 0 aliphatic heterocycles. The molecule has 0 amide bonds. The summed E-state index contributed by atoms with van der Waals surface area (Å²) in [7, 11) is 3.07. The second-order valence-electron chi connectivity index (χ2n) is 6.47. The van der Waals surface area contributed by atoms with E-state index >= 15 is 0 Å². The van der Waals surface area contributed by atoms with Crippen molar-refractivity contribution in [2.75, 3.05) is 14.2 Å². The van der Waals surface area contributed by atoms with Gasteiger partial charge in [-0.25, -0.2) is 4.39 Å². The second kappa shape index (κ2) is 10.2. The average Bonchev–Trinajstić information content (AvgIpc) is 2.77. The molecule has 0 aromatic heterocycles. The van der Waals surface area contributed by atoms with Crippen molar-refractivity contribution >= 4 is 34.9 Å². The topological polar surface area (TPSA) is 51.5 Å². The van der Waals surface area contributed by atoms with Crippen molar-refractivity contribution in [3.05, 3.63) is 87.2 Å². The zero-order chi connectivity index (χ0) is 22.4. The summed E-state index contributed by atoms with van der Waals surface area (Å²) in [4.78, 5) is 0. The summed E-state index contributed by atoms with van der Waals surface area (Å²) in [6, 6.07) is 16.7. The summed E-state index contributed by atoms with van der Waals surface area (Å²) < 4.78 is 29.3. The minimum Gasteiger partial charge on any atom is -0.493 e. The van der Waals surface area contributed by atoms with Gasteiger partial charge in [0.2, 0.25) is 0 Å². The number of hydrogen-bond acceptors (Lipinski definition) is 4. The normalized spacial score (nSPS) is 11.0. The standard InChI is InChI=1S/C24H18Cl2FNO3/c1-29-22-8-5-17(12-23(22)30-2)18(13-28)9-16-10-20(25)24(21(26)11-16)31-14-15-3-6-19(27)7-4-15/h3-12H,14H2,1-2H3/b18-9+.